The van der Waals surface area contributed by atoms with E-state index in [4.69, 9.17) is 16.3 Å². The van der Waals surface area contributed by atoms with Crippen LogP contribution in [0.4, 0.5) is 0 Å². The smallest absolute Gasteiger partial charge is 0.122 e. The van der Waals surface area contributed by atoms with Gasteiger partial charge in [0.1, 0.15) is 5.75 Å². The monoisotopic (exact) mass is 313 g/mol. The highest BCUT2D eigenvalue weighted by Crippen LogP contribution is 2.31. The van der Waals surface area contributed by atoms with Crippen molar-refractivity contribution in [3.8, 4) is 5.75 Å². The van der Waals surface area contributed by atoms with Gasteiger partial charge >= 0.3 is 0 Å². The maximum Gasteiger partial charge on any atom is 0.122 e. The summed E-state index contributed by atoms with van der Waals surface area (Å²) in [5, 5.41) is 5.07. The van der Waals surface area contributed by atoms with Crippen LogP contribution in [0.25, 0.3) is 0 Å². The predicted molar refractivity (Wildman–Crippen MR) is 89.3 cm³/mol. The highest BCUT2D eigenvalue weighted by Gasteiger charge is 2.18. The molecule has 1 N–H and O–H groups in total. The summed E-state index contributed by atoms with van der Waals surface area (Å²) in [5.74, 6) is 2.08. The van der Waals surface area contributed by atoms with E-state index in [1.54, 1.807) is 7.11 Å². The Kier molecular flexibility index (Phi) is 6.53. The molecule has 0 spiro atoms. The number of nitrogens with one attached hydrogen (secondary N) is 1. The van der Waals surface area contributed by atoms with Gasteiger partial charge in [-0.15, -0.1) is 0 Å². The summed E-state index contributed by atoms with van der Waals surface area (Å²) in [4.78, 5) is 0. The molecule has 4 heteroatoms. The molecule has 1 unspecified atom stereocenters. The van der Waals surface area contributed by atoms with Crippen LogP contribution >= 0.6 is 23.4 Å². The minimum atomic E-state index is 0.466. The van der Waals surface area contributed by atoms with Crippen LogP contribution in [0.2, 0.25) is 5.02 Å². The molecule has 2 rings (SSSR count). The van der Waals surface area contributed by atoms with Gasteiger partial charge in [-0.2, -0.15) is 11.8 Å². The third kappa shape index (κ3) is 4.57. The molecule has 1 saturated carbocycles. The van der Waals surface area contributed by atoms with Gasteiger partial charge in [0.05, 0.1) is 7.11 Å². The molecule has 1 aliphatic rings. The van der Waals surface area contributed by atoms with Crippen LogP contribution in [0.5, 0.6) is 5.75 Å². The first kappa shape index (κ1) is 16.0. The molecule has 20 heavy (non-hydrogen) atoms. The molecule has 0 heterocycles. The first-order chi connectivity index (χ1) is 9.72. The minimum absolute atomic E-state index is 0.466. The van der Waals surface area contributed by atoms with Crippen molar-refractivity contribution in [2.24, 2.45) is 0 Å². The molecular formula is C16H24ClNOS. The minimum Gasteiger partial charge on any atom is -0.496 e. The zero-order chi connectivity index (χ0) is 14.4. The van der Waals surface area contributed by atoms with Crippen LogP contribution in [0, 0.1) is 0 Å². The Bertz CT molecular complexity index is 421. The van der Waals surface area contributed by atoms with E-state index in [9.17, 15) is 0 Å². The van der Waals surface area contributed by atoms with Gasteiger partial charge in [0.25, 0.3) is 0 Å². The number of hydrogen-bond donors (Lipinski definition) is 1. The predicted octanol–water partition coefficient (Wildman–Crippen LogP) is 4.15. The standard InChI is InChI=1S/C16H24ClNOS/c1-18-14(11-20-15-5-3-4-6-15)10-12-9-13(17)7-8-16(12)19-2/h7-9,14-15,18H,3-6,10-11H2,1-2H3. The Morgan fingerprint density at radius 2 is 2.15 bits per heavy atom. The molecule has 1 fully saturated rings. The van der Waals surface area contributed by atoms with Gasteiger partial charge in [0, 0.05) is 22.1 Å². The van der Waals surface area contributed by atoms with Gasteiger partial charge in [0.2, 0.25) is 0 Å². The quantitative estimate of drug-likeness (QED) is 0.817. The molecule has 0 aliphatic heterocycles. The van der Waals surface area contributed by atoms with Crippen molar-refractivity contribution in [1.29, 1.82) is 0 Å². The van der Waals surface area contributed by atoms with Gasteiger partial charge in [0.15, 0.2) is 0 Å². The summed E-state index contributed by atoms with van der Waals surface area (Å²) < 4.78 is 5.43. The fraction of sp³-hybridized carbons (Fsp3) is 0.625. The van der Waals surface area contributed by atoms with E-state index in [1.165, 1.54) is 31.2 Å². The van der Waals surface area contributed by atoms with Crippen molar-refractivity contribution in [3.05, 3.63) is 28.8 Å². The number of methoxy groups -OCH3 is 1. The van der Waals surface area contributed by atoms with Crippen molar-refractivity contribution in [1.82, 2.24) is 5.32 Å². The van der Waals surface area contributed by atoms with Crippen molar-refractivity contribution < 1.29 is 4.74 Å². The molecule has 0 bridgehead atoms. The molecule has 1 aromatic rings. The van der Waals surface area contributed by atoms with Crippen LogP contribution in [0.3, 0.4) is 0 Å². The summed E-state index contributed by atoms with van der Waals surface area (Å²) in [6, 6.07) is 6.32. The van der Waals surface area contributed by atoms with Crippen molar-refractivity contribution >= 4 is 23.4 Å². The third-order valence-electron chi connectivity index (χ3n) is 3.95. The topological polar surface area (TPSA) is 21.3 Å². The van der Waals surface area contributed by atoms with Crippen LogP contribution in [0.15, 0.2) is 18.2 Å². The Hall–Kier alpha value is -0.380. The molecule has 0 aromatic heterocycles. The highest BCUT2D eigenvalue weighted by molar-refractivity contribution is 7.99. The molecule has 0 amide bonds. The first-order valence-corrected chi connectivity index (χ1v) is 8.77. The van der Waals surface area contributed by atoms with Gasteiger partial charge in [-0.3, -0.25) is 0 Å². The Morgan fingerprint density at radius 1 is 1.40 bits per heavy atom. The molecule has 2 nitrogen and oxygen atoms in total. The number of hydrogen-bond acceptors (Lipinski definition) is 3. The van der Waals surface area contributed by atoms with Gasteiger partial charge in [-0.1, -0.05) is 24.4 Å². The zero-order valence-electron chi connectivity index (χ0n) is 12.3. The average molecular weight is 314 g/mol. The first-order valence-electron chi connectivity index (χ1n) is 7.34. The number of thioether (sulfide) groups is 1. The van der Waals surface area contributed by atoms with Crippen molar-refractivity contribution in [2.75, 3.05) is 19.9 Å². The summed E-state index contributed by atoms with van der Waals surface area (Å²) in [7, 11) is 3.76. The molecular weight excluding hydrogens is 290 g/mol. The number of rotatable bonds is 7. The largest absolute Gasteiger partial charge is 0.496 e. The fourth-order valence-electron chi connectivity index (χ4n) is 2.72. The fourth-order valence-corrected chi connectivity index (χ4v) is 4.37. The van der Waals surface area contributed by atoms with E-state index in [0.717, 1.165) is 28.2 Å². The number of benzene rings is 1. The van der Waals surface area contributed by atoms with E-state index in [0.29, 0.717) is 6.04 Å². The average Bonchev–Trinajstić information content (AvgIpc) is 2.97. The lowest BCUT2D eigenvalue weighted by Crippen LogP contribution is -2.31. The molecule has 0 radical (unpaired) electrons. The second-order valence-corrected chi connectivity index (χ2v) is 7.16. The highest BCUT2D eigenvalue weighted by atomic mass is 35.5. The summed E-state index contributed by atoms with van der Waals surface area (Å²) in [5.41, 5.74) is 1.19. The van der Waals surface area contributed by atoms with Gasteiger partial charge in [-0.05, 0) is 50.1 Å². The van der Waals surface area contributed by atoms with Crippen LogP contribution < -0.4 is 10.1 Å². The third-order valence-corrected chi connectivity index (χ3v) is 5.73. The van der Waals surface area contributed by atoms with Gasteiger partial charge in [-0.25, -0.2) is 0 Å². The van der Waals surface area contributed by atoms with Crippen molar-refractivity contribution in [3.63, 3.8) is 0 Å². The normalized spacial score (nSPS) is 17.4. The van der Waals surface area contributed by atoms with Crippen LogP contribution in [-0.4, -0.2) is 31.2 Å². The number of ether oxygens (including phenoxy) is 1. The summed E-state index contributed by atoms with van der Waals surface area (Å²) >= 11 is 8.22. The Labute approximate surface area is 131 Å². The Balaban J connectivity index is 1.92. The molecule has 0 saturated heterocycles. The molecule has 1 atom stereocenters. The van der Waals surface area contributed by atoms with Crippen molar-refractivity contribution in [2.45, 2.75) is 43.4 Å². The van der Waals surface area contributed by atoms with E-state index in [-0.39, 0.29) is 0 Å². The summed E-state index contributed by atoms with van der Waals surface area (Å²) in [6.45, 7) is 0. The lowest BCUT2D eigenvalue weighted by molar-refractivity contribution is 0.407. The second-order valence-electron chi connectivity index (χ2n) is 5.39. The Morgan fingerprint density at radius 3 is 2.80 bits per heavy atom. The van der Waals surface area contributed by atoms with E-state index in [2.05, 4.69) is 17.1 Å². The number of halogens is 1. The lowest BCUT2D eigenvalue weighted by atomic mass is 10.1. The SMILES string of the molecule is CNC(CSC1CCCC1)Cc1cc(Cl)ccc1OC. The molecule has 1 aromatic carbocycles. The lowest BCUT2D eigenvalue weighted by Gasteiger charge is -2.19. The van der Waals surface area contributed by atoms with Crippen LogP contribution in [0.1, 0.15) is 31.2 Å². The summed E-state index contributed by atoms with van der Waals surface area (Å²) in [6.07, 6.45) is 6.55. The van der Waals surface area contributed by atoms with E-state index >= 15 is 0 Å². The van der Waals surface area contributed by atoms with E-state index < -0.39 is 0 Å². The maximum atomic E-state index is 6.10. The number of likely N-dealkylation sites (N-methyl/N-ethyl adjacent to an activating group) is 1. The van der Waals surface area contributed by atoms with Gasteiger partial charge < -0.3 is 10.1 Å². The zero-order valence-corrected chi connectivity index (χ0v) is 13.9. The maximum absolute atomic E-state index is 6.10. The van der Waals surface area contributed by atoms with Crippen LogP contribution in [-0.2, 0) is 6.42 Å². The molecule has 1 aliphatic carbocycles. The molecule has 112 valence electrons. The second kappa shape index (κ2) is 8.16. The van der Waals surface area contributed by atoms with E-state index in [1.807, 2.05) is 25.2 Å².